The number of anilines is 1. The Morgan fingerprint density at radius 1 is 1.06 bits per heavy atom. The summed E-state index contributed by atoms with van der Waals surface area (Å²) in [5, 5.41) is -0.000716. The molecule has 2 heterocycles. The lowest BCUT2D eigenvalue weighted by molar-refractivity contribution is 0.0132. The van der Waals surface area contributed by atoms with E-state index >= 15 is 0 Å². The molecule has 11 heteroatoms. The Labute approximate surface area is 306 Å². The topological polar surface area (TPSA) is 94.2 Å². The lowest BCUT2D eigenvalue weighted by atomic mass is 9.70. The number of benzene rings is 2. The lowest BCUT2D eigenvalue weighted by Crippen LogP contribution is -2.44. The number of allylic oxidation sites excluding steroid dienone is 1. The highest BCUT2D eigenvalue weighted by Gasteiger charge is 2.39. The highest BCUT2D eigenvalue weighted by Crippen LogP contribution is 2.42. The molecule has 1 saturated carbocycles. The minimum absolute atomic E-state index is 0.0569. The van der Waals surface area contributed by atoms with Crippen molar-refractivity contribution in [2.45, 2.75) is 109 Å². The van der Waals surface area contributed by atoms with Crippen molar-refractivity contribution >= 4 is 41.5 Å². The molecular weight excluding hydrogens is 688 g/mol. The van der Waals surface area contributed by atoms with E-state index in [0.717, 1.165) is 56.4 Å². The molecule has 5 rings (SSSR count). The minimum atomic E-state index is -3.98. The lowest BCUT2D eigenvalue weighted by Gasteiger charge is -2.43. The summed E-state index contributed by atoms with van der Waals surface area (Å²) in [7, 11) is -4.17. The van der Waals surface area contributed by atoms with Crippen LogP contribution in [0.25, 0.3) is 0 Å². The molecule has 0 unspecified atom stereocenters. The normalized spacial score (nSPS) is 27.0. The van der Waals surface area contributed by atoms with Gasteiger partial charge in [-0.05, 0) is 129 Å². The van der Waals surface area contributed by atoms with E-state index in [0.29, 0.717) is 54.2 Å². The highest BCUT2D eigenvalue weighted by atomic mass is 35.5. The summed E-state index contributed by atoms with van der Waals surface area (Å²) in [6.45, 7) is 15.3. The molecule has 2 bridgehead atoms. The van der Waals surface area contributed by atoms with Gasteiger partial charge in [-0.1, -0.05) is 50.6 Å². The van der Waals surface area contributed by atoms with Crippen LogP contribution in [0.15, 0.2) is 48.6 Å². The van der Waals surface area contributed by atoms with Crippen LogP contribution in [0.4, 0.5) is 5.69 Å². The number of aryl methyl sites for hydroxylation is 1. The monoisotopic (exact) mass is 744 g/mol. The number of nitrogens with zero attached hydrogens (tertiary/aromatic N) is 1. The average molecular weight is 745 g/mol. The Bertz CT molecular complexity index is 1640. The largest absolute Gasteiger partial charge is 0.487 e. The van der Waals surface area contributed by atoms with Gasteiger partial charge in [0.1, 0.15) is 12.4 Å². The number of hydrogen-bond donors (Lipinski definition) is 1. The summed E-state index contributed by atoms with van der Waals surface area (Å²) in [6, 6.07) is 11.2. The van der Waals surface area contributed by atoms with Crippen molar-refractivity contribution in [1.29, 1.82) is 0 Å². The summed E-state index contributed by atoms with van der Waals surface area (Å²) >= 11 is 6.36. The van der Waals surface area contributed by atoms with Crippen molar-refractivity contribution in [2.75, 3.05) is 31.7 Å². The van der Waals surface area contributed by atoms with Gasteiger partial charge in [0.25, 0.3) is 5.91 Å². The first-order valence-electron chi connectivity index (χ1n) is 18.3. The first-order valence-corrected chi connectivity index (χ1v) is 23.1. The molecule has 0 aromatic heterocycles. The van der Waals surface area contributed by atoms with Gasteiger partial charge in [-0.25, -0.2) is 13.1 Å². The molecule has 1 amide bonds. The molecule has 1 fully saturated rings. The van der Waals surface area contributed by atoms with Gasteiger partial charge in [-0.3, -0.25) is 4.79 Å². The number of carbonyl (C=O) groups is 1. The number of carbonyl (C=O) groups excluding carboxylic acids is 1. The zero-order chi connectivity index (χ0) is 36.3. The van der Waals surface area contributed by atoms with Gasteiger partial charge < -0.3 is 18.8 Å². The third-order valence-electron chi connectivity index (χ3n) is 11.6. The van der Waals surface area contributed by atoms with Gasteiger partial charge >= 0.3 is 0 Å². The first-order chi connectivity index (χ1) is 23.6. The predicted molar refractivity (Wildman–Crippen MR) is 205 cm³/mol. The average Bonchev–Trinajstić information content (AvgIpc) is 3.06. The van der Waals surface area contributed by atoms with Crippen LogP contribution >= 0.6 is 11.6 Å². The second-order valence-electron chi connectivity index (χ2n) is 16.1. The minimum Gasteiger partial charge on any atom is -0.487 e. The maximum Gasteiger partial charge on any atom is 0.264 e. The SMILES string of the molecule is CO[C@H]1/C=C/[C@H](CCO[Si](C)(C)C(C)(C)C)C[C@@H](C)S(=O)(=O)NC(=O)c2ccc3c(c2)N(CCCCc2cc(Cl)ccc2CO3)C[C@@H]2CC[C@H]21. The summed E-state index contributed by atoms with van der Waals surface area (Å²) in [5.74, 6) is 0.705. The number of amides is 1. The number of ether oxygens (including phenoxy) is 2. The van der Waals surface area contributed by atoms with Crippen molar-refractivity contribution in [3.63, 3.8) is 0 Å². The number of rotatable bonds is 5. The summed E-state index contributed by atoms with van der Waals surface area (Å²) in [5.41, 5.74) is 3.38. The highest BCUT2D eigenvalue weighted by molar-refractivity contribution is 7.90. The first kappa shape index (κ1) is 38.8. The Hall–Kier alpha value is -2.37. The number of methoxy groups -OCH3 is 1. The molecule has 8 nitrogen and oxygen atoms in total. The molecule has 1 N–H and O–H groups in total. The Morgan fingerprint density at radius 2 is 1.84 bits per heavy atom. The van der Waals surface area contributed by atoms with Gasteiger partial charge in [0, 0.05) is 37.4 Å². The van der Waals surface area contributed by atoms with Crippen molar-refractivity contribution in [3.8, 4) is 5.75 Å². The van der Waals surface area contributed by atoms with E-state index in [9.17, 15) is 13.2 Å². The number of nitrogens with one attached hydrogen (secondary N) is 1. The van der Waals surface area contributed by atoms with Crippen LogP contribution in [0.5, 0.6) is 5.75 Å². The zero-order valence-electron chi connectivity index (χ0n) is 31.0. The Balaban J connectivity index is 1.47. The standard InChI is InChI=1S/C39H57ClN2O6SSi/c1-27-22-28(19-21-48-50(6,7)39(2,3)4)11-17-36(46-5)34-16-13-31(34)25-42-20-9-8-10-29-23-33(40)15-12-32(29)26-47-37-18-14-30(24-35(37)42)38(43)41-49(27,44)45/h11-12,14-15,17-18,23-24,27-28,31,34,36H,8-10,13,16,19-22,25-26H2,1-7H3,(H,41,43)/b17-11+/t27-,28-,31+,34-,36+/m1/s1. The van der Waals surface area contributed by atoms with E-state index in [4.69, 9.17) is 25.5 Å². The predicted octanol–water partition coefficient (Wildman–Crippen LogP) is 8.54. The van der Waals surface area contributed by atoms with Crippen LogP contribution in [0.2, 0.25) is 23.2 Å². The third-order valence-corrected chi connectivity index (χ3v) is 18.1. The number of hydrogen-bond acceptors (Lipinski definition) is 7. The van der Waals surface area contributed by atoms with Crippen LogP contribution in [0.3, 0.4) is 0 Å². The molecule has 3 aliphatic rings. The van der Waals surface area contributed by atoms with E-state index in [2.05, 4.69) is 55.6 Å². The van der Waals surface area contributed by atoms with E-state index in [-0.39, 0.29) is 17.1 Å². The summed E-state index contributed by atoms with van der Waals surface area (Å²) in [4.78, 5) is 16.0. The molecule has 0 radical (unpaired) electrons. The second kappa shape index (κ2) is 16.1. The van der Waals surface area contributed by atoms with E-state index in [1.807, 2.05) is 18.2 Å². The maximum atomic E-state index is 13.6. The van der Waals surface area contributed by atoms with Gasteiger partial charge in [-0.15, -0.1) is 0 Å². The Morgan fingerprint density at radius 3 is 2.54 bits per heavy atom. The summed E-state index contributed by atoms with van der Waals surface area (Å²) < 4.78 is 48.8. The van der Waals surface area contributed by atoms with Gasteiger partial charge in [0.05, 0.1) is 17.0 Å². The van der Waals surface area contributed by atoms with Crippen molar-refractivity contribution in [2.24, 2.45) is 17.8 Å². The van der Waals surface area contributed by atoms with Crippen LogP contribution in [-0.2, 0) is 32.2 Å². The molecule has 0 saturated heterocycles. The second-order valence-corrected chi connectivity index (χ2v) is 23.4. The zero-order valence-corrected chi connectivity index (χ0v) is 33.5. The van der Waals surface area contributed by atoms with Gasteiger partial charge in [0.2, 0.25) is 10.0 Å². The van der Waals surface area contributed by atoms with Crippen LogP contribution in [0.1, 0.15) is 87.7 Å². The molecule has 2 aromatic carbocycles. The fourth-order valence-corrected chi connectivity index (χ4v) is 9.43. The van der Waals surface area contributed by atoms with Crippen molar-refractivity contribution < 1.29 is 27.1 Å². The number of sulfonamides is 1. The van der Waals surface area contributed by atoms with Crippen LogP contribution in [0, 0.1) is 17.8 Å². The molecule has 0 spiro atoms. The molecule has 1 aliphatic carbocycles. The molecule has 2 aromatic rings. The van der Waals surface area contributed by atoms with E-state index in [1.165, 1.54) is 5.56 Å². The van der Waals surface area contributed by atoms with Gasteiger partial charge in [-0.2, -0.15) is 0 Å². The van der Waals surface area contributed by atoms with Gasteiger partial charge in [0.15, 0.2) is 8.32 Å². The third kappa shape index (κ3) is 9.34. The smallest absolute Gasteiger partial charge is 0.264 e. The fourth-order valence-electron chi connectivity index (χ4n) is 7.10. The summed E-state index contributed by atoms with van der Waals surface area (Å²) in [6.07, 6.45) is 10.2. The van der Waals surface area contributed by atoms with Crippen LogP contribution in [-0.4, -0.2) is 60.8 Å². The molecular formula is C39H57ClN2O6SSi. The molecule has 276 valence electrons. The van der Waals surface area contributed by atoms with E-state index < -0.39 is 29.5 Å². The molecule has 5 atom stereocenters. The van der Waals surface area contributed by atoms with Crippen LogP contribution < -0.4 is 14.4 Å². The molecule has 50 heavy (non-hydrogen) atoms. The molecule has 2 aliphatic heterocycles. The quantitative estimate of drug-likeness (QED) is 0.242. The maximum absolute atomic E-state index is 13.6. The van der Waals surface area contributed by atoms with Crippen molar-refractivity contribution in [3.05, 3.63) is 70.3 Å². The van der Waals surface area contributed by atoms with Crippen molar-refractivity contribution in [1.82, 2.24) is 4.72 Å². The fraction of sp³-hybridized carbons (Fsp3) is 0.615. The Kier molecular flexibility index (Phi) is 12.5. The number of halogens is 1. The number of fused-ring (bicyclic) bond motifs is 3. The van der Waals surface area contributed by atoms with E-state index in [1.54, 1.807) is 32.2 Å².